The molecule has 0 saturated heterocycles. The van der Waals surface area contributed by atoms with Crippen molar-refractivity contribution in [3.05, 3.63) is 40.4 Å². The molecule has 0 aliphatic heterocycles. The molecule has 2 rings (SSSR count). The second-order valence-electron chi connectivity index (χ2n) is 6.85. The third-order valence-electron chi connectivity index (χ3n) is 4.33. The fourth-order valence-corrected chi connectivity index (χ4v) is 3.13. The van der Waals surface area contributed by atoms with Crippen LogP contribution in [0.25, 0.3) is 0 Å². The normalized spacial score (nSPS) is 9.97. The van der Waals surface area contributed by atoms with E-state index in [1.54, 1.807) is 38.1 Å². The molecular weight excluding hydrogens is 490 g/mol. The SMILES string of the molecule is CCOC(=O)c1cc(OCC)c(Cl)c(OCC)c1.CCOC(=O)c1cc(OCC)c(N)c(OCC)c1. The maximum Gasteiger partial charge on any atom is 0.338 e. The van der Waals surface area contributed by atoms with Gasteiger partial charge in [0.15, 0.2) is 0 Å². The first-order chi connectivity index (χ1) is 17.3. The molecule has 0 heterocycles. The van der Waals surface area contributed by atoms with Crippen LogP contribution in [0.15, 0.2) is 24.3 Å². The fourth-order valence-electron chi connectivity index (χ4n) is 2.91. The highest BCUT2D eigenvalue weighted by Crippen LogP contribution is 2.36. The summed E-state index contributed by atoms with van der Waals surface area (Å²) in [7, 11) is 0. The number of halogens is 1. The largest absolute Gasteiger partial charge is 0.492 e. The summed E-state index contributed by atoms with van der Waals surface area (Å²) in [5.41, 5.74) is 7.03. The Kier molecular flexibility index (Phi) is 14.0. The zero-order valence-electron chi connectivity index (χ0n) is 21.8. The Hall–Kier alpha value is -3.33. The van der Waals surface area contributed by atoms with Crippen LogP contribution in [-0.2, 0) is 9.47 Å². The number of hydrogen-bond acceptors (Lipinski definition) is 9. The molecule has 200 valence electrons. The summed E-state index contributed by atoms with van der Waals surface area (Å²) in [6.45, 7) is 13.3. The van der Waals surface area contributed by atoms with Gasteiger partial charge < -0.3 is 34.2 Å². The maximum absolute atomic E-state index is 11.7. The number of benzene rings is 2. The van der Waals surface area contributed by atoms with E-state index in [0.717, 1.165) is 0 Å². The van der Waals surface area contributed by atoms with Gasteiger partial charge in [-0.15, -0.1) is 0 Å². The van der Waals surface area contributed by atoms with Crippen molar-refractivity contribution in [3.8, 4) is 23.0 Å². The van der Waals surface area contributed by atoms with Crippen molar-refractivity contribution in [2.75, 3.05) is 45.4 Å². The average Bonchev–Trinajstić information content (AvgIpc) is 2.85. The van der Waals surface area contributed by atoms with E-state index in [2.05, 4.69) is 0 Å². The molecule has 0 aromatic heterocycles. The molecule has 36 heavy (non-hydrogen) atoms. The van der Waals surface area contributed by atoms with Crippen molar-refractivity contribution >= 4 is 29.2 Å². The second-order valence-corrected chi connectivity index (χ2v) is 7.22. The predicted molar refractivity (Wildman–Crippen MR) is 139 cm³/mol. The zero-order chi connectivity index (χ0) is 27.1. The number of esters is 2. The van der Waals surface area contributed by atoms with Crippen LogP contribution < -0.4 is 24.7 Å². The number of ether oxygens (including phenoxy) is 6. The number of hydrogen-bond donors (Lipinski definition) is 1. The molecule has 0 amide bonds. The smallest absolute Gasteiger partial charge is 0.338 e. The van der Waals surface area contributed by atoms with Crippen LogP contribution >= 0.6 is 11.6 Å². The molecule has 2 N–H and O–H groups in total. The molecule has 2 aromatic carbocycles. The van der Waals surface area contributed by atoms with Crippen molar-refractivity contribution in [2.24, 2.45) is 0 Å². The molecule has 0 fully saturated rings. The lowest BCUT2D eigenvalue weighted by Crippen LogP contribution is -2.08. The van der Waals surface area contributed by atoms with Gasteiger partial charge in [-0.25, -0.2) is 9.59 Å². The van der Waals surface area contributed by atoms with E-state index in [-0.39, 0.29) is 0 Å². The summed E-state index contributed by atoms with van der Waals surface area (Å²) < 4.78 is 31.4. The molecule has 10 heteroatoms. The number of anilines is 1. The minimum absolute atomic E-state index is 0.315. The molecule has 2 aromatic rings. The van der Waals surface area contributed by atoms with E-state index in [9.17, 15) is 9.59 Å². The van der Waals surface area contributed by atoms with Gasteiger partial charge in [-0.2, -0.15) is 0 Å². The first kappa shape index (κ1) is 30.7. The summed E-state index contributed by atoms with van der Waals surface area (Å²) in [6.07, 6.45) is 0. The van der Waals surface area contributed by atoms with Crippen molar-refractivity contribution in [1.82, 2.24) is 0 Å². The van der Waals surface area contributed by atoms with E-state index in [1.165, 1.54) is 0 Å². The van der Waals surface area contributed by atoms with Gasteiger partial charge in [0.2, 0.25) is 0 Å². The Bertz CT molecular complexity index is 862. The highest BCUT2D eigenvalue weighted by atomic mass is 35.5. The summed E-state index contributed by atoms with van der Waals surface area (Å²) in [4.78, 5) is 23.4. The van der Waals surface area contributed by atoms with E-state index in [4.69, 9.17) is 45.8 Å². The summed E-state index contributed by atoms with van der Waals surface area (Å²) >= 11 is 6.12. The number of nitrogens with two attached hydrogens (primary N) is 1. The molecule has 0 atom stereocenters. The highest BCUT2D eigenvalue weighted by molar-refractivity contribution is 6.33. The molecule has 0 unspecified atom stereocenters. The second kappa shape index (κ2) is 16.4. The van der Waals surface area contributed by atoms with Crippen LogP contribution in [0.2, 0.25) is 5.02 Å². The number of carbonyl (C=O) groups is 2. The topological polar surface area (TPSA) is 116 Å². The highest BCUT2D eigenvalue weighted by Gasteiger charge is 2.17. The first-order valence-corrected chi connectivity index (χ1v) is 12.3. The summed E-state index contributed by atoms with van der Waals surface area (Å²) in [5.74, 6) is 0.884. The fraction of sp³-hybridized carbons (Fsp3) is 0.462. The standard InChI is InChI=1S/C13H17ClO4.C13H19NO4/c2*1-4-16-10-7-9(13(15)18-6-3)8-11(12(10)14)17-5-2/h7-8H,4-6H2,1-3H3;7-8H,4-6,14H2,1-3H3. The molecule has 9 nitrogen and oxygen atoms in total. The molecule has 0 aliphatic rings. The monoisotopic (exact) mass is 525 g/mol. The molecule has 0 radical (unpaired) electrons. The zero-order valence-corrected chi connectivity index (χ0v) is 22.5. The minimum atomic E-state index is -0.420. The average molecular weight is 526 g/mol. The molecule has 0 aliphatic carbocycles. The number of nitrogen functional groups attached to an aromatic ring is 1. The molecule has 0 bridgehead atoms. The van der Waals surface area contributed by atoms with Crippen LogP contribution in [0.5, 0.6) is 23.0 Å². The van der Waals surface area contributed by atoms with Crippen LogP contribution in [-0.4, -0.2) is 51.6 Å². The predicted octanol–water partition coefficient (Wildman–Crippen LogP) is 5.56. The van der Waals surface area contributed by atoms with Crippen molar-refractivity contribution in [3.63, 3.8) is 0 Å². The Morgan fingerprint density at radius 1 is 0.611 bits per heavy atom. The van der Waals surface area contributed by atoms with Crippen LogP contribution in [0, 0.1) is 0 Å². The third-order valence-corrected chi connectivity index (χ3v) is 4.70. The summed E-state index contributed by atoms with van der Waals surface area (Å²) in [5, 5.41) is 0.367. The van der Waals surface area contributed by atoms with Crippen LogP contribution in [0.4, 0.5) is 5.69 Å². The van der Waals surface area contributed by atoms with Gasteiger partial charge in [0, 0.05) is 0 Å². The van der Waals surface area contributed by atoms with Crippen LogP contribution in [0.3, 0.4) is 0 Å². The summed E-state index contributed by atoms with van der Waals surface area (Å²) in [6, 6.07) is 6.26. The molecule has 0 spiro atoms. The number of carbonyl (C=O) groups excluding carboxylic acids is 2. The minimum Gasteiger partial charge on any atom is -0.492 e. The lowest BCUT2D eigenvalue weighted by atomic mass is 10.1. The van der Waals surface area contributed by atoms with Gasteiger partial charge in [-0.05, 0) is 65.8 Å². The number of rotatable bonds is 12. The van der Waals surface area contributed by atoms with E-state index in [0.29, 0.717) is 84.5 Å². The van der Waals surface area contributed by atoms with Crippen molar-refractivity contribution in [2.45, 2.75) is 41.5 Å². The molecular formula is C26H36ClNO8. The lowest BCUT2D eigenvalue weighted by Gasteiger charge is -2.13. The maximum atomic E-state index is 11.7. The first-order valence-electron chi connectivity index (χ1n) is 11.9. The van der Waals surface area contributed by atoms with Gasteiger partial charge >= 0.3 is 11.9 Å². The third kappa shape index (κ3) is 9.03. The van der Waals surface area contributed by atoms with E-state index < -0.39 is 11.9 Å². The van der Waals surface area contributed by atoms with Gasteiger partial charge in [-0.3, -0.25) is 0 Å². The Morgan fingerprint density at radius 2 is 0.917 bits per heavy atom. The van der Waals surface area contributed by atoms with Gasteiger partial charge in [0.25, 0.3) is 0 Å². The van der Waals surface area contributed by atoms with E-state index in [1.807, 2.05) is 27.7 Å². The van der Waals surface area contributed by atoms with Crippen LogP contribution in [0.1, 0.15) is 62.3 Å². The molecule has 0 saturated carbocycles. The van der Waals surface area contributed by atoms with Gasteiger partial charge in [0.05, 0.1) is 50.8 Å². The van der Waals surface area contributed by atoms with E-state index >= 15 is 0 Å². The Labute approximate surface area is 217 Å². The van der Waals surface area contributed by atoms with Gasteiger partial charge in [0.1, 0.15) is 33.7 Å². The Morgan fingerprint density at radius 3 is 1.22 bits per heavy atom. The van der Waals surface area contributed by atoms with Crippen molar-refractivity contribution in [1.29, 1.82) is 0 Å². The quantitative estimate of drug-likeness (QED) is 0.281. The van der Waals surface area contributed by atoms with Gasteiger partial charge in [-0.1, -0.05) is 11.6 Å². The Balaban J connectivity index is 0.000000360. The lowest BCUT2D eigenvalue weighted by molar-refractivity contribution is 0.0516. The van der Waals surface area contributed by atoms with Crippen molar-refractivity contribution < 1.29 is 38.0 Å².